The Kier molecular flexibility index (Phi) is 118. The molecule has 0 rings (SSSR count). The Morgan fingerprint density at radius 2 is 0.163 bits per heavy atom. The lowest BCUT2D eigenvalue weighted by molar-refractivity contribution is 5.95. The standard InChI is InChI=1S/HPS79/c1-3-5-7-9-11-13-15-17-19-21-23-25-27-29-31-33-35-37-39-41-43-45-47-49-51-53-55-57-59-61-63-65-67-69-71-73-75-77-79-80-78-76-74-72-70-68-66-64-62-60-58-56-54-52-50-48-46-44-42-40-38-36-34-32-30-28-26-24-22-20-18-16-14-12-10-8-6-4-2/h1H. The zero-order chi connectivity index (χ0) is 57.2. The quantitative estimate of drug-likeness (QED) is 0.318. The van der Waals surface area contributed by atoms with Gasteiger partial charge in [0.2, 0.25) is 0 Å². The van der Waals surface area contributed by atoms with Gasteiger partial charge in [-0.1, -0.05) is 9.50 Å². The molecular weight excluding hydrogens is 2560 g/mol. The van der Waals surface area contributed by atoms with Crippen molar-refractivity contribution < 1.29 is 0 Å². The lowest BCUT2D eigenvalue weighted by atomic mass is 30.5. The van der Waals surface area contributed by atoms with Crippen molar-refractivity contribution >= 4 is 713 Å². The molecule has 0 aromatic carbocycles. The van der Waals surface area contributed by atoms with Crippen LogP contribution in [-0.4, -0.2) is 0 Å². The lowest BCUT2D eigenvalue weighted by Crippen LogP contribution is -1.41. The smallest absolute Gasteiger partial charge is 0 e. The third-order valence-electron chi connectivity index (χ3n) is 2.15. The van der Waals surface area contributed by atoms with E-state index in [4.69, 9.17) is 11.2 Å². The Morgan fingerprint density at radius 3 is 0.225 bits per heavy atom. The highest BCUT2D eigenvalue weighted by Gasteiger charge is 1.49. The third-order valence-corrected chi connectivity index (χ3v) is 174. The molecule has 0 aliphatic carbocycles. The van der Waals surface area contributed by atoms with Gasteiger partial charge in [0.25, 0.3) is 0 Å². The fourth-order valence-electron chi connectivity index (χ4n) is 0.864. The first-order chi connectivity index (χ1) is 39.9. The summed E-state index contributed by atoms with van der Waals surface area (Å²) in [5.41, 5.74) is 0. The molecule has 0 nitrogen and oxygen atoms in total. The van der Waals surface area contributed by atoms with E-state index >= 15 is 0 Å². The van der Waals surface area contributed by atoms with Gasteiger partial charge in [-0.15, -0.1) is 0 Å². The van der Waals surface area contributed by atoms with E-state index in [2.05, 4.69) is 8.02 Å². The maximum absolute atomic E-state index is 4.83. The highest BCUT2D eigenvalue weighted by atomic mass is 33.6. The van der Waals surface area contributed by atoms with Crippen LogP contribution >= 0.6 is 8.02 Å². The van der Waals surface area contributed by atoms with E-state index in [9.17, 15) is 0 Å². The van der Waals surface area contributed by atoms with Crippen LogP contribution in [0.3, 0.4) is 0 Å². The third kappa shape index (κ3) is 95.7. The molecule has 0 aliphatic heterocycles. The summed E-state index contributed by atoms with van der Waals surface area (Å²) in [4.78, 5) is 0. The average molecular weight is 2570 g/mol. The summed E-state index contributed by atoms with van der Waals surface area (Å²) in [6, 6.07) is 0. The summed E-state index contributed by atoms with van der Waals surface area (Å²) in [7, 11) is 145. The summed E-state index contributed by atoms with van der Waals surface area (Å²) < 4.78 is 0. The van der Waals surface area contributed by atoms with Crippen LogP contribution in [0.25, 0.3) is 0 Å². The summed E-state index contributed by atoms with van der Waals surface area (Å²) in [5.74, 6) is 0. The van der Waals surface area contributed by atoms with E-state index in [1.165, 1.54) is 8.88 Å². The summed E-state index contributed by atoms with van der Waals surface area (Å²) in [6.07, 6.45) is 0. The van der Waals surface area contributed by atoms with Crippen LogP contribution in [0.4, 0.5) is 0 Å². The van der Waals surface area contributed by atoms with Crippen molar-refractivity contribution in [1.29, 1.82) is 0 Å². The SMILES string of the molecule is P=S=S=S=S=S=S=S=S=S=S=S=S=S=S=S=S=S=S=S=S=S=S=S=S=S=S=S=S=S=S=S=S=S=S=S=S=S=S=S=S=S=S=S=S=S=S=S=S=S=S=S=S=S=S=S=S=S=S=S=S=S=S=S=S=S=S=S=S=S=S=S=S=S=S=S=S=S=S=S. The maximum atomic E-state index is 4.83. The van der Waals surface area contributed by atoms with E-state index in [0.29, 0.717) is 0 Å². The topological polar surface area (TPSA) is 0 Å². The number of hydrogen-bond donors (Lipinski definition) is 0. The molecule has 80 heavy (non-hydrogen) atoms. The lowest BCUT2D eigenvalue weighted by Gasteiger charge is -1.41. The summed E-state index contributed by atoms with van der Waals surface area (Å²) >= 11 is 4.83. The zero-order valence-electron chi connectivity index (χ0n) is 32.8. The van der Waals surface area contributed by atoms with E-state index in [0.717, 1.165) is 0 Å². The maximum Gasteiger partial charge on any atom is 0 e. The van der Waals surface area contributed by atoms with Crippen molar-refractivity contribution in [2.24, 2.45) is 0 Å². The summed E-state index contributed by atoms with van der Waals surface area (Å²) in [6.45, 7) is 0. The van der Waals surface area contributed by atoms with Crippen LogP contribution < -0.4 is 0 Å². The minimum atomic E-state index is 1.37. The molecule has 0 N–H and O–H groups in total. The van der Waals surface area contributed by atoms with Crippen molar-refractivity contribution in [2.75, 3.05) is 0 Å². The first-order valence-corrected chi connectivity index (χ1v) is 119. The van der Waals surface area contributed by atoms with Crippen molar-refractivity contribution in [1.82, 2.24) is 0 Å². The van der Waals surface area contributed by atoms with Gasteiger partial charge in [-0.05, 0) is 79.1 Å². The van der Waals surface area contributed by atoms with Gasteiger partial charge in [0, 0.05) is 624 Å². The molecule has 480 valence electrons. The van der Waals surface area contributed by atoms with E-state index in [-0.39, 0.29) is 0 Å². The first-order valence-electron chi connectivity index (χ1n) is 13.2. The number of hydrogen-bond acceptors (Lipinski definition) is 1. The van der Waals surface area contributed by atoms with Crippen LogP contribution in [-0.2, 0) is 704 Å². The van der Waals surface area contributed by atoms with Gasteiger partial charge in [-0.25, -0.2) is 0 Å². The van der Waals surface area contributed by atoms with Gasteiger partial charge in [-0.3, -0.25) is 0 Å². The van der Waals surface area contributed by atoms with Gasteiger partial charge in [-0.2, -0.15) is 0 Å². The molecule has 0 radical (unpaired) electrons. The van der Waals surface area contributed by atoms with Gasteiger partial charge in [0.15, 0.2) is 0 Å². The van der Waals surface area contributed by atoms with Crippen molar-refractivity contribution in [3.8, 4) is 0 Å². The highest BCUT2D eigenvalue weighted by Crippen LogP contribution is 1.49. The molecule has 0 aromatic heterocycles. The monoisotopic (exact) mass is 2560 g/mol. The minimum Gasteiger partial charge on any atom is -0.0540 e. The average Bonchev–Trinajstić information content (AvgIpc) is 3.47. The van der Waals surface area contributed by atoms with Gasteiger partial charge in [0.1, 0.15) is 0 Å². The second-order valence-electron chi connectivity index (χ2n) is 5.32. The fourth-order valence-corrected chi connectivity index (χ4v) is 210. The Balaban J connectivity index is 6.16. The van der Waals surface area contributed by atoms with E-state index < -0.39 is 0 Å². The Labute approximate surface area is 690 Å². The Morgan fingerprint density at radius 1 is 0.100 bits per heavy atom. The largest absolute Gasteiger partial charge is 0.0540 e. The summed E-state index contributed by atoms with van der Waals surface area (Å²) in [5, 5.41) is 0. The molecule has 0 saturated carbocycles. The molecule has 0 spiro atoms. The minimum absolute atomic E-state index is 1.37. The van der Waals surface area contributed by atoms with Gasteiger partial charge >= 0.3 is 0 Å². The van der Waals surface area contributed by atoms with Crippen LogP contribution in [0.2, 0.25) is 0 Å². The molecule has 80 heteroatoms. The molecule has 0 atom stereocenters. The van der Waals surface area contributed by atoms with Crippen LogP contribution in [0.1, 0.15) is 0 Å². The van der Waals surface area contributed by atoms with Crippen molar-refractivity contribution in [3.63, 3.8) is 0 Å². The molecule has 0 fully saturated rings. The second kappa shape index (κ2) is 96.7. The Hall–Kier alpha value is 17.7. The molecule has 0 amide bonds. The highest BCUT2D eigenvalue weighted by molar-refractivity contribution is 8.85. The van der Waals surface area contributed by atoms with Crippen molar-refractivity contribution in [2.45, 2.75) is 0 Å². The molecule has 0 aliphatic rings. The molecular formula is HPS79. The van der Waals surface area contributed by atoms with E-state index in [1.54, 1.807) is 98.3 Å². The molecule has 0 aromatic rings. The second-order valence-corrected chi connectivity index (χ2v) is 144. The van der Waals surface area contributed by atoms with Crippen LogP contribution in [0, 0.1) is 0 Å². The van der Waals surface area contributed by atoms with Crippen LogP contribution in [0.5, 0.6) is 0 Å². The Bertz CT molecular complexity index is 5730. The predicted molar refractivity (Wildman–Crippen MR) is 590 cm³/mol. The van der Waals surface area contributed by atoms with E-state index in [1.807, 2.05) is 586 Å². The zero-order valence-corrected chi connectivity index (χ0v) is 98.3. The predicted octanol–water partition coefficient (Wildman–Crippen LogP) is 0.404. The fraction of sp³-hybridized carbons (Fsp3) is 0. The van der Waals surface area contributed by atoms with Gasteiger partial charge < -0.3 is 0 Å². The molecule has 0 bridgehead atoms. The molecule has 0 saturated heterocycles. The first kappa shape index (κ1) is 97.7. The normalized spacial score (nSPS) is 7.85. The molecule has 0 heterocycles. The van der Waals surface area contributed by atoms with Crippen molar-refractivity contribution in [3.05, 3.63) is 0 Å². The van der Waals surface area contributed by atoms with Gasteiger partial charge in [0.05, 0.1) is 0 Å². The molecule has 0 unspecified atom stereocenters. The number of rotatable bonds is 0. The van der Waals surface area contributed by atoms with Crippen LogP contribution in [0.15, 0.2) is 0 Å².